The van der Waals surface area contributed by atoms with E-state index in [1.165, 1.54) is 0 Å². The molecule has 1 saturated carbocycles. The Balaban J connectivity index is 1.67. The number of hydrogen-bond donors (Lipinski definition) is 1. The van der Waals surface area contributed by atoms with Crippen LogP contribution in [0.1, 0.15) is 36.0 Å². The van der Waals surface area contributed by atoms with Gasteiger partial charge >= 0.3 is 0 Å². The lowest BCUT2D eigenvalue weighted by Gasteiger charge is -2.11. The SMILES string of the molecule is COc1ccc(OCc2nc(C3CC3)no2)c(CCN)c1. The molecular weight excluding hydrogens is 270 g/mol. The van der Waals surface area contributed by atoms with Crippen molar-refractivity contribution in [1.29, 1.82) is 0 Å². The van der Waals surface area contributed by atoms with Gasteiger partial charge in [0, 0.05) is 5.92 Å². The predicted molar refractivity (Wildman–Crippen MR) is 76.4 cm³/mol. The van der Waals surface area contributed by atoms with Crippen molar-refractivity contribution >= 4 is 0 Å². The Labute approximate surface area is 123 Å². The molecule has 0 atom stereocenters. The van der Waals surface area contributed by atoms with Crippen LogP contribution in [0.4, 0.5) is 0 Å². The van der Waals surface area contributed by atoms with Gasteiger partial charge in [0.1, 0.15) is 11.5 Å². The standard InChI is InChI=1S/C15H19N3O3/c1-19-12-4-5-13(11(8-12)6-7-16)20-9-14-17-15(18-21-14)10-2-3-10/h4-5,8,10H,2-3,6-7,9,16H2,1H3. The lowest BCUT2D eigenvalue weighted by molar-refractivity contribution is 0.240. The van der Waals surface area contributed by atoms with Crippen LogP contribution < -0.4 is 15.2 Å². The van der Waals surface area contributed by atoms with E-state index < -0.39 is 0 Å². The van der Waals surface area contributed by atoms with Crippen molar-refractivity contribution in [3.8, 4) is 11.5 Å². The molecule has 0 radical (unpaired) electrons. The molecule has 3 rings (SSSR count). The summed E-state index contributed by atoms with van der Waals surface area (Å²) in [6.07, 6.45) is 3.03. The van der Waals surface area contributed by atoms with Crippen LogP contribution in [0.25, 0.3) is 0 Å². The van der Waals surface area contributed by atoms with Gasteiger partial charge in [0.05, 0.1) is 7.11 Å². The molecule has 2 N–H and O–H groups in total. The van der Waals surface area contributed by atoms with Crippen LogP contribution >= 0.6 is 0 Å². The highest BCUT2D eigenvalue weighted by Gasteiger charge is 2.28. The van der Waals surface area contributed by atoms with Gasteiger partial charge in [-0.25, -0.2) is 0 Å². The smallest absolute Gasteiger partial charge is 0.264 e. The number of nitrogens with zero attached hydrogens (tertiary/aromatic N) is 2. The first-order chi connectivity index (χ1) is 10.3. The van der Waals surface area contributed by atoms with Gasteiger partial charge in [-0.3, -0.25) is 0 Å². The van der Waals surface area contributed by atoms with Crippen molar-refractivity contribution in [3.05, 3.63) is 35.5 Å². The molecule has 21 heavy (non-hydrogen) atoms. The minimum Gasteiger partial charge on any atom is -0.497 e. The monoisotopic (exact) mass is 289 g/mol. The number of benzene rings is 1. The third-order valence-corrected chi connectivity index (χ3v) is 3.46. The molecule has 0 spiro atoms. The summed E-state index contributed by atoms with van der Waals surface area (Å²) < 4.78 is 16.2. The van der Waals surface area contributed by atoms with E-state index in [-0.39, 0.29) is 6.61 Å². The molecule has 0 unspecified atom stereocenters. The van der Waals surface area contributed by atoms with Crippen LogP contribution in [-0.2, 0) is 13.0 Å². The fraction of sp³-hybridized carbons (Fsp3) is 0.467. The molecule has 112 valence electrons. The van der Waals surface area contributed by atoms with Gasteiger partial charge in [-0.2, -0.15) is 4.98 Å². The first kappa shape index (κ1) is 13.9. The first-order valence-electron chi connectivity index (χ1n) is 7.12. The van der Waals surface area contributed by atoms with Crippen molar-refractivity contribution < 1.29 is 14.0 Å². The molecule has 0 aliphatic heterocycles. The zero-order chi connectivity index (χ0) is 14.7. The highest BCUT2D eigenvalue weighted by Crippen LogP contribution is 2.38. The Morgan fingerprint density at radius 1 is 1.38 bits per heavy atom. The van der Waals surface area contributed by atoms with E-state index in [0.717, 1.165) is 42.1 Å². The largest absolute Gasteiger partial charge is 0.497 e. The predicted octanol–water partition coefficient (Wildman–Crippen LogP) is 2.04. The summed E-state index contributed by atoms with van der Waals surface area (Å²) in [5, 5.41) is 3.97. The Morgan fingerprint density at radius 3 is 2.95 bits per heavy atom. The van der Waals surface area contributed by atoms with Crippen LogP contribution in [0.15, 0.2) is 22.7 Å². The molecule has 0 amide bonds. The first-order valence-corrected chi connectivity index (χ1v) is 7.12. The maximum atomic E-state index is 5.78. The molecule has 1 heterocycles. The van der Waals surface area contributed by atoms with Crippen molar-refractivity contribution in [2.24, 2.45) is 5.73 Å². The van der Waals surface area contributed by atoms with Crippen molar-refractivity contribution in [1.82, 2.24) is 10.1 Å². The molecular formula is C15H19N3O3. The summed E-state index contributed by atoms with van der Waals surface area (Å²) in [5.74, 6) is 3.35. The zero-order valence-electron chi connectivity index (χ0n) is 12.0. The Bertz CT molecular complexity index is 608. The number of aromatic nitrogens is 2. The summed E-state index contributed by atoms with van der Waals surface area (Å²) >= 11 is 0. The van der Waals surface area contributed by atoms with E-state index >= 15 is 0 Å². The van der Waals surface area contributed by atoms with Crippen molar-refractivity contribution in [2.75, 3.05) is 13.7 Å². The third-order valence-electron chi connectivity index (χ3n) is 3.46. The topological polar surface area (TPSA) is 83.4 Å². The molecule has 1 aliphatic carbocycles. The average molecular weight is 289 g/mol. The molecule has 1 aromatic carbocycles. The summed E-state index contributed by atoms with van der Waals surface area (Å²) in [4.78, 5) is 4.34. The zero-order valence-corrected chi connectivity index (χ0v) is 12.0. The summed E-state index contributed by atoms with van der Waals surface area (Å²) in [7, 11) is 1.64. The molecule has 1 aliphatic rings. The maximum absolute atomic E-state index is 5.78. The van der Waals surface area contributed by atoms with Crippen LogP contribution in [0.5, 0.6) is 11.5 Å². The molecule has 1 aromatic heterocycles. The number of hydrogen-bond acceptors (Lipinski definition) is 6. The van der Waals surface area contributed by atoms with E-state index in [1.54, 1.807) is 7.11 Å². The average Bonchev–Trinajstić information content (AvgIpc) is 3.25. The number of ether oxygens (including phenoxy) is 2. The molecule has 1 fully saturated rings. The van der Waals surface area contributed by atoms with E-state index in [0.29, 0.717) is 18.4 Å². The Morgan fingerprint density at radius 2 is 2.24 bits per heavy atom. The minimum absolute atomic E-state index is 0.267. The van der Waals surface area contributed by atoms with E-state index in [4.69, 9.17) is 19.7 Å². The van der Waals surface area contributed by atoms with Crippen molar-refractivity contribution in [2.45, 2.75) is 31.8 Å². The van der Waals surface area contributed by atoms with Gasteiger partial charge in [-0.1, -0.05) is 5.16 Å². The quantitative estimate of drug-likeness (QED) is 0.839. The molecule has 2 aromatic rings. The third kappa shape index (κ3) is 3.33. The van der Waals surface area contributed by atoms with E-state index in [2.05, 4.69) is 10.1 Å². The van der Waals surface area contributed by atoms with Gasteiger partial charge in [-0.05, 0) is 49.6 Å². The van der Waals surface area contributed by atoms with Gasteiger partial charge in [-0.15, -0.1) is 0 Å². The van der Waals surface area contributed by atoms with Crippen LogP contribution in [0, 0.1) is 0 Å². The van der Waals surface area contributed by atoms with Gasteiger partial charge in [0.25, 0.3) is 5.89 Å². The second-order valence-electron chi connectivity index (χ2n) is 5.12. The Kier molecular flexibility index (Phi) is 4.06. The lowest BCUT2D eigenvalue weighted by Crippen LogP contribution is -2.06. The van der Waals surface area contributed by atoms with E-state index in [9.17, 15) is 0 Å². The van der Waals surface area contributed by atoms with Gasteiger partial charge < -0.3 is 19.7 Å². The van der Waals surface area contributed by atoms with E-state index in [1.807, 2.05) is 18.2 Å². The van der Waals surface area contributed by atoms with Gasteiger partial charge in [0.15, 0.2) is 12.4 Å². The number of rotatable bonds is 7. The van der Waals surface area contributed by atoms with Crippen LogP contribution in [-0.4, -0.2) is 23.8 Å². The number of methoxy groups -OCH3 is 1. The lowest BCUT2D eigenvalue weighted by atomic mass is 10.1. The van der Waals surface area contributed by atoms with Crippen molar-refractivity contribution in [3.63, 3.8) is 0 Å². The Hall–Kier alpha value is -2.08. The molecule has 0 saturated heterocycles. The highest BCUT2D eigenvalue weighted by molar-refractivity contribution is 5.40. The maximum Gasteiger partial charge on any atom is 0.264 e. The van der Waals surface area contributed by atoms with Crippen LogP contribution in [0.3, 0.4) is 0 Å². The fourth-order valence-corrected chi connectivity index (χ4v) is 2.15. The highest BCUT2D eigenvalue weighted by atomic mass is 16.5. The normalized spacial score (nSPS) is 14.2. The minimum atomic E-state index is 0.267. The second kappa shape index (κ2) is 6.13. The van der Waals surface area contributed by atoms with Gasteiger partial charge in [0.2, 0.25) is 0 Å². The molecule has 6 nitrogen and oxygen atoms in total. The fourth-order valence-electron chi connectivity index (χ4n) is 2.15. The second-order valence-corrected chi connectivity index (χ2v) is 5.12. The summed E-state index contributed by atoms with van der Waals surface area (Å²) in [6, 6.07) is 5.67. The number of nitrogens with two attached hydrogens (primary N) is 1. The summed E-state index contributed by atoms with van der Waals surface area (Å²) in [5.41, 5.74) is 6.65. The molecule has 0 bridgehead atoms. The molecule has 6 heteroatoms. The summed E-state index contributed by atoms with van der Waals surface area (Å²) in [6.45, 7) is 0.819. The van der Waals surface area contributed by atoms with Crippen LogP contribution in [0.2, 0.25) is 0 Å².